The van der Waals surface area contributed by atoms with Crippen LogP contribution >= 0.6 is 0 Å². The third kappa shape index (κ3) is 3.18. The van der Waals surface area contributed by atoms with Gasteiger partial charge in [0.05, 0.1) is 5.60 Å². The fourth-order valence-electron chi connectivity index (χ4n) is 2.52. The smallest absolute Gasteiger partial charge is 0.0766 e. The van der Waals surface area contributed by atoms with Crippen molar-refractivity contribution >= 4 is 0 Å². The van der Waals surface area contributed by atoms with Gasteiger partial charge in [-0.25, -0.2) is 0 Å². The minimum atomic E-state index is -0.501. The molecule has 0 aliphatic heterocycles. The molecule has 0 radical (unpaired) electrons. The monoisotopic (exact) mass is 213 g/mol. The first kappa shape index (κ1) is 13.0. The van der Waals surface area contributed by atoms with E-state index in [1.807, 2.05) is 0 Å². The summed E-state index contributed by atoms with van der Waals surface area (Å²) >= 11 is 0. The Morgan fingerprint density at radius 3 is 2.33 bits per heavy atom. The van der Waals surface area contributed by atoms with Gasteiger partial charge in [-0.15, -0.1) is 0 Å². The molecule has 1 rings (SSSR count). The van der Waals surface area contributed by atoms with E-state index in [4.69, 9.17) is 0 Å². The van der Waals surface area contributed by atoms with Crippen LogP contribution in [-0.4, -0.2) is 23.3 Å². The Labute approximate surface area is 94.5 Å². The Bertz CT molecular complexity index is 197. The van der Waals surface area contributed by atoms with E-state index in [2.05, 4.69) is 33.0 Å². The van der Waals surface area contributed by atoms with Gasteiger partial charge < -0.3 is 10.4 Å². The molecule has 0 aromatic rings. The molecule has 2 nitrogen and oxygen atoms in total. The molecule has 0 amide bonds. The van der Waals surface area contributed by atoms with Gasteiger partial charge in [-0.3, -0.25) is 0 Å². The Kier molecular flexibility index (Phi) is 4.19. The topological polar surface area (TPSA) is 32.3 Å². The molecule has 1 fully saturated rings. The zero-order valence-electron chi connectivity index (χ0n) is 10.8. The lowest BCUT2D eigenvalue weighted by atomic mass is 9.86. The van der Waals surface area contributed by atoms with Gasteiger partial charge in [0.25, 0.3) is 0 Å². The van der Waals surface area contributed by atoms with Crippen LogP contribution in [0.5, 0.6) is 0 Å². The normalized spacial score (nSPS) is 25.8. The largest absolute Gasteiger partial charge is 0.389 e. The first-order valence-electron chi connectivity index (χ1n) is 6.39. The first-order valence-corrected chi connectivity index (χ1v) is 6.39. The quantitative estimate of drug-likeness (QED) is 0.736. The maximum absolute atomic E-state index is 10.2. The first-order chi connectivity index (χ1) is 6.93. The predicted octanol–water partition coefficient (Wildman–Crippen LogP) is 2.71. The average molecular weight is 213 g/mol. The second-order valence-corrected chi connectivity index (χ2v) is 5.75. The maximum Gasteiger partial charge on any atom is 0.0766 e. The van der Waals surface area contributed by atoms with Crippen molar-refractivity contribution in [3.8, 4) is 0 Å². The molecule has 1 saturated carbocycles. The van der Waals surface area contributed by atoms with Crippen molar-refractivity contribution in [3.63, 3.8) is 0 Å². The summed E-state index contributed by atoms with van der Waals surface area (Å²) in [5.41, 5.74) is -0.0962. The van der Waals surface area contributed by atoms with E-state index in [-0.39, 0.29) is 0 Å². The van der Waals surface area contributed by atoms with Crippen LogP contribution in [0.25, 0.3) is 0 Å². The number of hydrogen-bond donors (Lipinski definition) is 2. The SMILES string of the molecule is CCC(O)(CC)CNC1CCCC1(C)C. The number of nitrogens with one attached hydrogen (secondary N) is 1. The summed E-state index contributed by atoms with van der Waals surface area (Å²) in [6, 6.07) is 0.585. The van der Waals surface area contributed by atoms with Gasteiger partial charge in [0.2, 0.25) is 0 Å². The molecule has 0 saturated heterocycles. The lowest BCUT2D eigenvalue weighted by Gasteiger charge is -2.33. The molecule has 0 spiro atoms. The second-order valence-electron chi connectivity index (χ2n) is 5.75. The molecule has 0 aromatic carbocycles. The van der Waals surface area contributed by atoms with E-state index in [1.165, 1.54) is 19.3 Å². The molecular weight excluding hydrogens is 186 g/mol. The minimum absolute atomic E-state index is 0.405. The van der Waals surface area contributed by atoms with Crippen LogP contribution in [0.2, 0.25) is 0 Å². The van der Waals surface area contributed by atoms with Crippen molar-refractivity contribution in [1.29, 1.82) is 0 Å². The standard InChI is InChI=1S/C13H27NO/c1-5-13(15,6-2)10-14-11-8-7-9-12(11,3)4/h11,14-15H,5-10H2,1-4H3. The summed E-state index contributed by atoms with van der Waals surface area (Å²) < 4.78 is 0. The fourth-order valence-corrected chi connectivity index (χ4v) is 2.52. The van der Waals surface area contributed by atoms with Crippen LogP contribution in [0.3, 0.4) is 0 Å². The molecule has 90 valence electrons. The summed E-state index contributed by atoms with van der Waals surface area (Å²) in [4.78, 5) is 0. The Morgan fingerprint density at radius 1 is 1.33 bits per heavy atom. The molecule has 0 bridgehead atoms. The third-order valence-electron chi connectivity index (χ3n) is 4.25. The number of rotatable bonds is 5. The van der Waals surface area contributed by atoms with Crippen LogP contribution in [0.4, 0.5) is 0 Å². The van der Waals surface area contributed by atoms with Crippen molar-refractivity contribution in [2.24, 2.45) is 5.41 Å². The fraction of sp³-hybridized carbons (Fsp3) is 1.00. The van der Waals surface area contributed by atoms with Crippen molar-refractivity contribution in [1.82, 2.24) is 5.32 Å². The summed E-state index contributed by atoms with van der Waals surface area (Å²) in [7, 11) is 0. The highest BCUT2D eigenvalue weighted by Crippen LogP contribution is 2.37. The summed E-state index contributed by atoms with van der Waals surface area (Å²) in [6.45, 7) is 9.52. The van der Waals surface area contributed by atoms with Gasteiger partial charge in [-0.05, 0) is 31.1 Å². The van der Waals surface area contributed by atoms with Crippen molar-refractivity contribution < 1.29 is 5.11 Å². The molecule has 1 atom stereocenters. The van der Waals surface area contributed by atoms with Gasteiger partial charge in [0.15, 0.2) is 0 Å². The Morgan fingerprint density at radius 2 is 1.93 bits per heavy atom. The van der Waals surface area contributed by atoms with Gasteiger partial charge in [0, 0.05) is 12.6 Å². The average Bonchev–Trinajstić information content (AvgIpc) is 2.54. The van der Waals surface area contributed by atoms with Crippen LogP contribution < -0.4 is 5.32 Å². The van der Waals surface area contributed by atoms with E-state index in [1.54, 1.807) is 0 Å². The minimum Gasteiger partial charge on any atom is -0.389 e. The second kappa shape index (κ2) is 4.84. The molecule has 15 heavy (non-hydrogen) atoms. The summed E-state index contributed by atoms with van der Waals surface area (Å²) in [6.07, 6.45) is 5.56. The maximum atomic E-state index is 10.2. The molecule has 2 N–H and O–H groups in total. The van der Waals surface area contributed by atoms with Crippen molar-refractivity contribution in [2.45, 2.75) is 71.4 Å². The van der Waals surface area contributed by atoms with E-state index in [0.717, 1.165) is 19.4 Å². The highest BCUT2D eigenvalue weighted by molar-refractivity contribution is 4.92. The molecule has 0 heterocycles. The van der Waals surface area contributed by atoms with Crippen LogP contribution in [0.15, 0.2) is 0 Å². The van der Waals surface area contributed by atoms with Gasteiger partial charge in [-0.1, -0.05) is 34.1 Å². The van der Waals surface area contributed by atoms with Crippen LogP contribution in [-0.2, 0) is 0 Å². The van der Waals surface area contributed by atoms with Crippen molar-refractivity contribution in [2.75, 3.05) is 6.54 Å². The van der Waals surface area contributed by atoms with E-state index >= 15 is 0 Å². The third-order valence-corrected chi connectivity index (χ3v) is 4.25. The number of hydrogen-bond acceptors (Lipinski definition) is 2. The lowest BCUT2D eigenvalue weighted by Crippen LogP contribution is -2.47. The Balaban J connectivity index is 2.43. The van der Waals surface area contributed by atoms with Crippen molar-refractivity contribution in [3.05, 3.63) is 0 Å². The zero-order valence-corrected chi connectivity index (χ0v) is 10.8. The lowest BCUT2D eigenvalue weighted by molar-refractivity contribution is 0.0265. The summed E-state index contributed by atoms with van der Waals surface area (Å²) in [5.74, 6) is 0. The summed E-state index contributed by atoms with van der Waals surface area (Å²) in [5, 5.41) is 13.8. The number of aliphatic hydroxyl groups is 1. The predicted molar refractivity (Wildman–Crippen MR) is 65.0 cm³/mol. The van der Waals surface area contributed by atoms with E-state index in [0.29, 0.717) is 11.5 Å². The molecule has 0 aromatic heterocycles. The highest BCUT2D eigenvalue weighted by Gasteiger charge is 2.35. The van der Waals surface area contributed by atoms with Crippen LogP contribution in [0, 0.1) is 5.41 Å². The highest BCUT2D eigenvalue weighted by atomic mass is 16.3. The molecular formula is C13H27NO. The van der Waals surface area contributed by atoms with Gasteiger partial charge in [-0.2, -0.15) is 0 Å². The van der Waals surface area contributed by atoms with Crippen LogP contribution in [0.1, 0.15) is 59.8 Å². The molecule has 1 aliphatic carbocycles. The molecule has 1 unspecified atom stereocenters. The van der Waals surface area contributed by atoms with E-state index < -0.39 is 5.60 Å². The zero-order chi connectivity index (χ0) is 11.5. The van der Waals surface area contributed by atoms with E-state index in [9.17, 15) is 5.11 Å². The molecule has 2 heteroatoms. The Hall–Kier alpha value is -0.0800. The van der Waals surface area contributed by atoms with Gasteiger partial charge in [0.1, 0.15) is 0 Å². The molecule has 1 aliphatic rings. The van der Waals surface area contributed by atoms with Gasteiger partial charge >= 0.3 is 0 Å².